The van der Waals surface area contributed by atoms with E-state index in [0.717, 1.165) is 22.6 Å². The van der Waals surface area contributed by atoms with Crippen molar-refractivity contribution >= 4 is 11.9 Å². The summed E-state index contributed by atoms with van der Waals surface area (Å²) < 4.78 is 16.6. The summed E-state index contributed by atoms with van der Waals surface area (Å²) in [7, 11) is 1.51. The molecule has 33 heavy (non-hydrogen) atoms. The Balaban J connectivity index is 1.40. The molecule has 0 aliphatic rings. The maximum Gasteiger partial charge on any atom is 0.303 e. The van der Waals surface area contributed by atoms with E-state index in [4.69, 9.17) is 19.3 Å². The molecule has 3 aromatic rings. The number of carboxylic acids is 1. The van der Waals surface area contributed by atoms with Crippen LogP contribution in [-0.2, 0) is 22.4 Å². The van der Waals surface area contributed by atoms with Crippen LogP contribution >= 0.6 is 0 Å². The van der Waals surface area contributed by atoms with Gasteiger partial charge in [0.15, 0.2) is 6.61 Å². The molecule has 0 heterocycles. The second-order valence-electron chi connectivity index (χ2n) is 7.32. The Morgan fingerprint density at radius 2 is 1.58 bits per heavy atom. The van der Waals surface area contributed by atoms with E-state index in [9.17, 15) is 9.59 Å². The monoisotopic (exact) mass is 449 g/mol. The minimum Gasteiger partial charge on any atom is -0.496 e. The van der Waals surface area contributed by atoms with E-state index in [-0.39, 0.29) is 18.9 Å². The van der Waals surface area contributed by atoms with Crippen LogP contribution < -0.4 is 19.5 Å². The standard InChI is InChI=1S/C26H27NO6/c1-31-24-17-23(13-9-20(24)10-14-26(29)30)32-18-25(28)27-16-15-19-7-11-22(12-8-19)33-21-5-3-2-4-6-21/h2-9,11-13,17H,10,14-16,18H2,1H3,(H,27,28)(H,29,30). The summed E-state index contributed by atoms with van der Waals surface area (Å²) >= 11 is 0. The minimum absolute atomic E-state index is 0.0156. The van der Waals surface area contributed by atoms with Gasteiger partial charge in [-0.25, -0.2) is 0 Å². The number of aryl methyl sites for hydroxylation is 1. The van der Waals surface area contributed by atoms with Crippen LogP contribution in [0.5, 0.6) is 23.0 Å². The molecule has 172 valence electrons. The lowest BCUT2D eigenvalue weighted by Gasteiger charge is -2.12. The number of rotatable bonds is 12. The van der Waals surface area contributed by atoms with Crippen molar-refractivity contribution in [2.45, 2.75) is 19.3 Å². The molecule has 0 aliphatic heterocycles. The normalized spacial score (nSPS) is 10.3. The number of para-hydroxylation sites is 1. The average Bonchev–Trinajstić information content (AvgIpc) is 2.83. The zero-order valence-electron chi connectivity index (χ0n) is 18.5. The van der Waals surface area contributed by atoms with Gasteiger partial charge >= 0.3 is 5.97 Å². The van der Waals surface area contributed by atoms with Crippen molar-refractivity contribution in [1.82, 2.24) is 5.32 Å². The van der Waals surface area contributed by atoms with Gasteiger partial charge in [0, 0.05) is 19.0 Å². The molecule has 3 rings (SSSR count). The molecule has 0 unspecified atom stereocenters. The molecule has 7 nitrogen and oxygen atoms in total. The van der Waals surface area contributed by atoms with Crippen molar-refractivity contribution < 1.29 is 28.9 Å². The van der Waals surface area contributed by atoms with Gasteiger partial charge in [0.2, 0.25) is 0 Å². The highest BCUT2D eigenvalue weighted by atomic mass is 16.5. The SMILES string of the molecule is COc1cc(OCC(=O)NCCc2ccc(Oc3ccccc3)cc2)ccc1CCC(=O)O. The number of nitrogens with one attached hydrogen (secondary N) is 1. The molecular weight excluding hydrogens is 422 g/mol. The smallest absolute Gasteiger partial charge is 0.303 e. The molecule has 2 N–H and O–H groups in total. The molecule has 0 spiro atoms. The first kappa shape index (κ1) is 23.7. The maximum absolute atomic E-state index is 12.1. The zero-order valence-corrected chi connectivity index (χ0v) is 18.5. The molecule has 3 aromatic carbocycles. The maximum atomic E-state index is 12.1. The van der Waals surface area contributed by atoms with Gasteiger partial charge in [0.25, 0.3) is 5.91 Å². The van der Waals surface area contributed by atoms with Gasteiger partial charge in [-0.15, -0.1) is 0 Å². The fourth-order valence-corrected chi connectivity index (χ4v) is 3.16. The molecule has 0 saturated heterocycles. The Bertz CT molecular complexity index is 1050. The van der Waals surface area contributed by atoms with Crippen LogP contribution in [-0.4, -0.2) is 37.2 Å². The van der Waals surface area contributed by atoms with Crippen molar-refractivity contribution in [1.29, 1.82) is 0 Å². The van der Waals surface area contributed by atoms with E-state index in [2.05, 4.69) is 5.32 Å². The predicted molar refractivity (Wildman–Crippen MR) is 124 cm³/mol. The van der Waals surface area contributed by atoms with E-state index >= 15 is 0 Å². The number of methoxy groups -OCH3 is 1. The van der Waals surface area contributed by atoms with E-state index in [1.807, 2.05) is 54.6 Å². The Hall–Kier alpha value is -4.00. The van der Waals surface area contributed by atoms with E-state index in [1.165, 1.54) is 7.11 Å². The van der Waals surface area contributed by atoms with Crippen LogP contribution in [0.1, 0.15) is 17.5 Å². The highest BCUT2D eigenvalue weighted by Gasteiger charge is 2.09. The third-order valence-corrected chi connectivity index (χ3v) is 4.87. The van der Waals surface area contributed by atoms with Crippen molar-refractivity contribution in [3.05, 3.63) is 83.9 Å². The number of aliphatic carboxylic acids is 1. The number of ether oxygens (including phenoxy) is 3. The van der Waals surface area contributed by atoms with E-state index < -0.39 is 5.97 Å². The molecule has 0 bridgehead atoms. The van der Waals surface area contributed by atoms with Gasteiger partial charge < -0.3 is 24.6 Å². The third-order valence-electron chi connectivity index (χ3n) is 4.87. The highest BCUT2D eigenvalue weighted by molar-refractivity contribution is 5.77. The van der Waals surface area contributed by atoms with Crippen LogP contribution in [0.2, 0.25) is 0 Å². The summed E-state index contributed by atoms with van der Waals surface area (Å²) in [5, 5.41) is 11.7. The molecule has 0 atom stereocenters. The van der Waals surface area contributed by atoms with Gasteiger partial charge in [0.1, 0.15) is 23.0 Å². The summed E-state index contributed by atoms with van der Waals surface area (Å²) in [4.78, 5) is 22.9. The molecule has 7 heteroatoms. The van der Waals surface area contributed by atoms with Crippen molar-refractivity contribution in [3.63, 3.8) is 0 Å². The zero-order chi connectivity index (χ0) is 23.5. The number of hydrogen-bond acceptors (Lipinski definition) is 5. The molecule has 0 radical (unpaired) electrons. The third kappa shape index (κ3) is 7.88. The fraction of sp³-hybridized carbons (Fsp3) is 0.231. The number of carboxylic acid groups (broad SMARTS) is 1. The van der Waals surface area contributed by atoms with E-state index in [0.29, 0.717) is 30.9 Å². The number of carbonyl (C=O) groups excluding carboxylic acids is 1. The van der Waals surface area contributed by atoms with Gasteiger partial charge in [-0.05, 0) is 54.3 Å². The van der Waals surface area contributed by atoms with Crippen LogP contribution in [0.15, 0.2) is 72.8 Å². The van der Waals surface area contributed by atoms with Crippen molar-refractivity contribution in [3.8, 4) is 23.0 Å². The topological polar surface area (TPSA) is 94.1 Å². The molecule has 0 saturated carbocycles. The minimum atomic E-state index is -0.870. The summed E-state index contributed by atoms with van der Waals surface area (Å²) in [6, 6.07) is 22.4. The van der Waals surface area contributed by atoms with Crippen LogP contribution in [0.3, 0.4) is 0 Å². The van der Waals surface area contributed by atoms with Gasteiger partial charge in [-0.1, -0.05) is 36.4 Å². The Morgan fingerprint density at radius 3 is 2.27 bits per heavy atom. The summed E-state index contributed by atoms with van der Waals surface area (Å²) in [5.74, 6) is 1.46. The van der Waals surface area contributed by atoms with Crippen molar-refractivity contribution in [2.24, 2.45) is 0 Å². The second kappa shape index (κ2) is 12.1. The lowest BCUT2D eigenvalue weighted by Crippen LogP contribution is -2.30. The highest BCUT2D eigenvalue weighted by Crippen LogP contribution is 2.26. The summed E-state index contributed by atoms with van der Waals surface area (Å²) in [6.45, 7) is 0.361. The Kier molecular flexibility index (Phi) is 8.71. The van der Waals surface area contributed by atoms with Gasteiger partial charge in [0.05, 0.1) is 7.11 Å². The molecule has 0 aliphatic carbocycles. The molecule has 1 amide bonds. The number of benzene rings is 3. The number of amides is 1. The van der Waals surface area contributed by atoms with Crippen LogP contribution in [0.25, 0.3) is 0 Å². The van der Waals surface area contributed by atoms with Gasteiger partial charge in [-0.2, -0.15) is 0 Å². The predicted octanol–water partition coefficient (Wildman–Crippen LogP) is 4.24. The van der Waals surface area contributed by atoms with Crippen molar-refractivity contribution in [2.75, 3.05) is 20.3 Å². The lowest BCUT2D eigenvalue weighted by molar-refractivity contribution is -0.137. The quantitative estimate of drug-likeness (QED) is 0.430. The average molecular weight is 450 g/mol. The second-order valence-corrected chi connectivity index (χ2v) is 7.32. The Morgan fingerprint density at radius 1 is 0.879 bits per heavy atom. The fourth-order valence-electron chi connectivity index (χ4n) is 3.16. The first-order valence-corrected chi connectivity index (χ1v) is 10.6. The summed E-state index contributed by atoms with van der Waals surface area (Å²) in [5.41, 5.74) is 1.86. The van der Waals surface area contributed by atoms with Crippen LogP contribution in [0.4, 0.5) is 0 Å². The molecule has 0 fully saturated rings. The summed E-state index contributed by atoms with van der Waals surface area (Å²) in [6.07, 6.45) is 1.06. The van der Waals surface area contributed by atoms with Crippen LogP contribution in [0, 0.1) is 0 Å². The first-order valence-electron chi connectivity index (χ1n) is 10.6. The molecular formula is C26H27NO6. The largest absolute Gasteiger partial charge is 0.496 e. The number of carbonyl (C=O) groups is 2. The van der Waals surface area contributed by atoms with Gasteiger partial charge in [-0.3, -0.25) is 9.59 Å². The number of hydrogen-bond donors (Lipinski definition) is 2. The lowest BCUT2D eigenvalue weighted by atomic mass is 10.1. The first-order chi connectivity index (χ1) is 16.0. The van der Waals surface area contributed by atoms with E-state index in [1.54, 1.807) is 18.2 Å². The molecule has 0 aromatic heterocycles. The Labute approximate surface area is 192 Å².